The topological polar surface area (TPSA) is 35.6 Å². The van der Waals surface area contributed by atoms with Crippen LogP contribution in [0.1, 0.15) is 39.5 Å². The Morgan fingerprint density at radius 1 is 1.32 bits per heavy atom. The summed E-state index contributed by atoms with van der Waals surface area (Å²) in [5, 5.41) is 3.37. The van der Waals surface area contributed by atoms with Gasteiger partial charge in [-0.3, -0.25) is 9.69 Å². The van der Waals surface area contributed by atoms with Crippen molar-refractivity contribution in [3.05, 3.63) is 0 Å². The second-order valence-corrected chi connectivity index (χ2v) is 5.67. The van der Waals surface area contributed by atoms with Crippen molar-refractivity contribution >= 4 is 18.3 Å². The fourth-order valence-corrected chi connectivity index (χ4v) is 3.14. The summed E-state index contributed by atoms with van der Waals surface area (Å²) in [7, 11) is 0. The number of hydrogen-bond donors (Lipinski definition) is 1. The molecule has 0 saturated carbocycles. The number of carbonyl (C=O) groups excluding carboxylic acids is 1. The van der Waals surface area contributed by atoms with E-state index in [2.05, 4.69) is 29.0 Å². The van der Waals surface area contributed by atoms with Crippen LogP contribution in [0.5, 0.6) is 0 Å². The van der Waals surface area contributed by atoms with Crippen LogP contribution in [-0.4, -0.2) is 60.5 Å². The Labute approximate surface area is 123 Å². The van der Waals surface area contributed by atoms with Crippen LogP contribution in [0.15, 0.2) is 0 Å². The Kier molecular flexibility index (Phi) is 7.11. The molecule has 5 heteroatoms. The summed E-state index contributed by atoms with van der Waals surface area (Å²) in [6, 6.07) is 0.969. The Hall–Kier alpha value is -0.320. The molecule has 0 aliphatic carbocycles. The summed E-state index contributed by atoms with van der Waals surface area (Å²) >= 11 is 0. The van der Waals surface area contributed by atoms with Gasteiger partial charge in [-0.15, -0.1) is 12.4 Å². The number of piperidine rings is 1. The van der Waals surface area contributed by atoms with Crippen molar-refractivity contribution in [3.63, 3.8) is 0 Å². The molecule has 2 rings (SSSR count). The molecule has 2 saturated heterocycles. The molecule has 0 spiro atoms. The third-order valence-corrected chi connectivity index (χ3v) is 4.40. The fourth-order valence-electron chi connectivity index (χ4n) is 3.14. The van der Waals surface area contributed by atoms with Crippen molar-refractivity contribution in [3.8, 4) is 0 Å². The molecule has 112 valence electrons. The van der Waals surface area contributed by atoms with E-state index in [0.29, 0.717) is 24.5 Å². The van der Waals surface area contributed by atoms with E-state index in [4.69, 9.17) is 0 Å². The Balaban J connectivity index is 0.00000180. The second kappa shape index (κ2) is 8.08. The lowest BCUT2D eigenvalue weighted by molar-refractivity contribution is -0.136. The Bertz CT molecular complexity index is 288. The molecule has 1 amide bonds. The minimum Gasteiger partial charge on any atom is -0.339 e. The van der Waals surface area contributed by atoms with E-state index in [1.165, 1.54) is 19.3 Å². The van der Waals surface area contributed by atoms with Crippen LogP contribution in [-0.2, 0) is 4.79 Å². The smallest absolute Gasteiger partial charge is 0.237 e. The zero-order valence-electron chi connectivity index (χ0n) is 12.2. The lowest BCUT2D eigenvalue weighted by atomic mass is 10.00. The molecule has 19 heavy (non-hydrogen) atoms. The molecule has 0 aromatic carbocycles. The number of rotatable bonds is 3. The number of amides is 1. The van der Waals surface area contributed by atoms with Crippen LogP contribution in [0.2, 0.25) is 0 Å². The molecule has 0 aromatic heterocycles. The maximum atomic E-state index is 12.4. The van der Waals surface area contributed by atoms with Gasteiger partial charge in [0.15, 0.2) is 0 Å². The highest BCUT2D eigenvalue weighted by Crippen LogP contribution is 2.20. The molecule has 2 aliphatic heterocycles. The molecule has 2 fully saturated rings. The largest absolute Gasteiger partial charge is 0.339 e. The lowest BCUT2D eigenvalue weighted by Gasteiger charge is -2.39. The molecular formula is C14H28ClN3O. The number of halogens is 1. The van der Waals surface area contributed by atoms with Gasteiger partial charge in [0, 0.05) is 38.3 Å². The van der Waals surface area contributed by atoms with Gasteiger partial charge in [-0.25, -0.2) is 0 Å². The molecule has 2 atom stereocenters. The van der Waals surface area contributed by atoms with E-state index in [1.807, 2.05) is 0 Å². The maximum absolute atomic E-state index is 12.4. The molecule has 2 aliphatic rings. The number of piperazine rings is 1. The van der Waals surface area contributed by atoms with Crippen molar-refractivity contribution < 1.29 is 4.79 Å². The van der Waals surface area contributed by atoms with Gasteiger partial charge >= 0.3 is 0 Å². The first-order valence-electron chi connectivity index (χ1n) is 7.46. The van der Waals surface area contributed by atoms with Gasteiger partial charge in [-0.1, -0.05) is 6.92 Å². The van der Waals surface area contributed by atoms with Crippen LogP contribution in [0.25, 0.3) is 0 Å². The van der Waals surface area contributed by atoms with E-state index in [-0.39, 0.29) is 12.4 Å². The first-order chi connectivity index (χ1) is 8.72. The Morgan fingerprint density at radius 2 is 2.11 bits per heavy atom. The van der Waals surface area contributed by atoms with Crippen LogP contribution in [0, 0.1) is 0 Å². The fraction of sp³-hybridized carbons (Fsp3) is 0.929. The van der Waals surface area contributed by atoms with Gasteiger partial charge in [0.2, 0.25) is 5.91 Å². The van der Waals surface area contributed by atoms with E-state index >= 15 is 0 Å². The van der Waals surface area contributed by atoms with Gasteiger partial charge < -0.3 is 10.2 Å². The van der Waals surface area contributed by atoms with Crippen molar-refractivity contribution in [1.82, 2.24) is 15.1 Å². The van der Waals surface area contributed by atoms with Gasteiger partial charge in [0.05, 0.1) is 6.54 Å². The van der Waals surface area contributed by atoms with Gasteiger partial charge in [0.25, 0.3) is 0 Å². The zero-order valence-corrected chi connectivity index (χ0v) is 13.0. The molecule has 4 nitrogen and oxygen atoms in total. The summed E-state index contributed by atoms with van der Waals surface area (Å²) in [5.41, 5.74) is 0. The highest BCUT2D eigenvalue weighted by atomic mass is 35.5. The van der Waals surface area contributed by atoms with Crippen LogP contribution in [0.4, 0.5) is 0 Å². The molecule has 0 aromatic rings. The second-order valence-electron chi connectivity index (χ2n) is 5.67. The molecule has 2 heterocycles. The maximum Gasteiger partial charge on any atom is 0.237 e. The molecule has 0 radical (unpaired) electrons. The van der Waals surface area contributed by atoms with Crippen molar-refractivity contribution in [2.24, 2.45) is 0 Å². The minimum absolute atomic E-state index is 0. The van der Waals surface area contributed by atoms with Gasteiger partial charge in [-0.2, -0.15) is 0 Å². The first kappa shape index (κ1) is 16.7. The zero-order chi connectivity index (χ0) is 13.0. The van der Waals surface area contributed by atoms with E-state index < -0.39 is 0 Å². The SMILES string of the molecule is CCC1CCCCN1C(=O)CN1CCNCC1C.Cl. The predicted octanol–water partition coefficient (Wildman–Crippen LogP) is 1.49. The van der Waals surface area contributed by atoms with Crippen molar-refractivity contribution in [2.75, 3.05) is 32.7 Å². The van der Waals surface area contributed by atoms with Crippen molar-refractivity contribution in [1.29, 1.82) is 0 Å². The third kappa shape index (κ3) is 4.33. The lowest BCUT2D eigenvalue weighted by Crippen LogP contribution is -2.54. The number of likely N-dealkylation sites (tertiary alicyclic amines) is 1. The van der Waals surface area contributed by atoms with Gasteiger partial charge in [0.1, 0.15) is 0 Å². The summed E-state index contributed by atoms with van der Waals surface area (Å²) in [6.07, 6.45) is 4.76. The normalized spacial score (nSPS) is 28.8. The summed E-state index contributed by atoms with van der Waals surface area (Å²) in [5.74, 6) is 0.343. The highest BCUT2D eigenvalue weighted by molar-refractivity contribution is 5.85. The number of nitrogens with one attached hydrogen (secondary N) is 1. The molecule has 0 bridgehead atoms. The summed E-state index contributed by atoms with van der Waals surface area (Å²) in [6.45, 7) is 8.99. The van der Waals surface area contributed by atoms with Crippen LogP contribution < -0.4 is 5.32 Å². The Morgan fingerprint density at radius 3 is 2.79 bits per heavy atom. The summed E-state index contributed by atoms with van der Waals surface area (Å²) in [4.78, 5) is 16.9. The highest BCUT2D eigenvalue weighted by Gasteiger charge is 2.28. The molecule has 1 N–H and O–H groups in total. The monoisotopic (exact) mass is 289 g/mol. The third-order valence-electron chi connectivity index (χ3n) is 4.40. The average molecular weight is 290 g/mol. The van der Waals surface area contributed by atoms with Crippen molar-refractivity contribution in [2.45, 2.75) is 51.6 Å². The number of hydrogen-bond acceptors (Lipinski definition) is 3. The molecule has 2 unspecified atom stereocenters. The summed E-state index contributed by atoms with van der Waals surface area (Å²) < 4.78 is 0. The number of carbonyl (C=O) groups is 1. The number of nitrogens with zero attached hydrogens (tertiary/aromatic N) is 2. The van der Waals surface area contributed by atoms with E-state index in [1.54, 1.807) is 0 Å². The van der Waals surface area contributed by atoms with Gasteiger partial charge in [-0.05, 0) is 32.6 Å². The van der Waals surface area contributed by atoms with E-state index in [0.717, 1.165) is 32.6 Å². The minimum atomic E-state index is 0. The predicted molar refractivity (Wildman–Crippen MR) is 80.8 cm³/mol. The molecular weight excluding hydrogens is 262 g/mol. The van der Waals surface area contributed by atoms with Crippen LogP contribution in [0.3, 0.4) is 0 Å². The van der Waals surface area contributed by atoms with Crippen LogP contribution >= 0.6 is 12.4 Å². The first-order valence-corrected chi connectivity index (χ1v) is 7.46. The quantitative estimate of drug-likeness (QED) is 0.855. The average Bonchev–Trinajstić information content (AvgIpc) is 2.41. The van der Waals surface area contributed by atoms with E-state index in [9.17, 15) is 4.79 Å². The standard InChI is InChI=1S/C14H27N3O.ClH/c1-3-13-6-4-5-8-17(13)14(18)11-16-9-7-15-10-12(16)2;/h12-13,15H,3-11H2,1-2H3;1H.